The molecule has 0 amide bonds. The van der Waals surface area contributed by atoms with Crippen molar-refractivity contribution in [3.8, 4) is 0 Å². The summed E-state index contributed by atoms with van der Waals surface area (Å²) in [6.07, 6.45) is 0.945. The van der Waals surface area contributed by atoms with Crippen LogP contribution in [-0.4, -0.2) is 11.0 Å². The molecule has 2 aromatic rings. The second kappa shape index (κ2) is 4.92. The smallest absolute Gasteiger partial charge is 0.272 e. The average molecular weight is 272 g/mol. The number of hydrogen-bond acceptors (Lipinski definition) is 3. The van der Waals surface area contributed by atoms with E-state index in [0.29, 0.717) is 11.6 Å². The lowest BCUT2D eigenvalue weighted by Gasteiger charge is -2.07. The highest BCUT2D eigenvalue weighted by Gasteiger charge is 2.38. The zero-order chi connectivity index (χ0) is 14.1. The molecule has 0 spiro atoms. The molecule has 4 nitrogen and oxygen atoms in total. The molecule has 0 heterocycles. The number of nitro benzene ring substituents is 1. The van der Waals surface area contributed by atoms with Gasteiger partial charge in [-0.25, -0.2) is 4.39 Å². The number of nitrogens with zero attached hydrogens (tertiary/aromatic N) is 1. The minimum absolute atomic E-state index is 0.188. The lowest BCUT2D eigenvalue weighted by molar-refractivity contribution is -0.385. The Kier molecular flexibility index (Phi) is 3.10. The monoisotopic (exact) mass is 272 g/mol. The van der Waals surface area contributed by atoms with Crippen LogP contribution in [0, 0.1) is 15.9 Å². The van der Waals surface area contributed by atoms with Crippen molar-refractivity contribution in [3.05, 3.63) is 70.0 Å². The van der Waals surface area contributed by atoms with Crippen molar-refractivity contribution in [2.75, 3.05) is 5.32 Å². The Labute approximate surface area is 115 Å². The number of nitro groups is 1. The summed E-state index contributed by atoms with van der Waals surface area (Å²) < 4.78 is 13.8. The molecular formula is C15H13FN2O2. The molecule has 0 aliphatic heterocycles. The Hall–Kier alpha value is -2.43. The molecule has 1 aliphatic rings. The molecule has 0 bridgehead atoms. The second-order valence-electron chi connectivity index (χ2n) is 4.92. The van der Waals surface area contributed by atoms with Gasteiger partial charge in [0, 0.05) is 18.0 Å². The van der Waals surface area contributed by atoms with E-state index in [1.165, 1.54) is 17.7 Å². The van der Waals surface area contributed by atoms with Crippen LogP contribution in [0.3, 0.4) is 0 Å². The van der Waals surface area contributed by atoms with Crippen molar-refractivity contribution >= 4 is 11.4 Å². The summed E-state index contributed by atoms with van der Waals surface area (Å²) in [4.78, 5) is 9.95. The topological polar surface area (TPSA) is 55.2 Å². The fourth-order valence-corrected chi connectivity index (χ4v) is 2.36. The van der Waals surface area contributed by atoms with Gasteiger partial charge < -0.3 is 5.32 Å². The first-order chi connectivity index (χ1) is 9.65. The Bertz CT molecular complexity index is 646. The number of hydrogen-bond donors (Lipinski definition) is 1. The quantitative estimate of drug-likeness (QED) is 0.682. The summed E-state index contributed by atoms with van der Waals surface area (Å²) in [5.41, 5.74) is 1.31. The van der Waals surface area contributed by atoms with Gasteiger partial charge >= 0.3 is 0 Å². The van der Waals surface area contributed by atoms with Gasteiger partial charge in [-0.1, -0.05) is 30.3 Å². The molecular weight excluding hydrogens is 259 g/mol. The number of benzene rings is 2. The van der Waals surface area contributed by atoms with Gasteiger partial charge in [-0.15, -0.1) is 0 Å². The number of nitrogens with one attached hydrogen (secondary N) is 1. The van der Waals surface area contributed by atoms with Crippen molar-refractivity contribution in [2.24, 2.45) is 0 Å². The van der Waals surface area contributed by atoms with Crippen molar-refractivity contribution in [3.63, 3.8) is 0 Å². The summed E-state index contributed by atoms with van der Waals surface area (Å²) in [6, 6.07) is 13.9. The first-order valence-corrected chi connectivity index (χ1v) is 6.40. The van der Waals surface area contributed by atoms with Gasteiger partial charge in [0.05, 0.1) is 16.7 Å². The van der Waals surface area contributed by atoms with Crippen LogP contribution in [0.15, 0.2) is 48.5 Å². The van der Waals surface area contributed by atoms with Crippen molar-refractivity contribution in [1.29, 1.82) is 0 Å². The van der Waals surface area contributed by atoms with Crippen LogP contribution in [-0.2, 0) is 0 Å². The number of non-ortho nitro benzene ring substituents is 1. The summed E-state index contributed by atoms with van der Waals surface area (Å²) in [5.74, 6) is -0.205. The minimum Gasteiger partial charge on any atom is -0.379 e. The zero-order valence-electron chi connectivity index (χ0n) is 10.6. The zero-order valence-corrected chi connectivity index (χ0v) is 10.6. The van der Waals surface area contributed by atoms with Gasteiger partial charge in [-0.3, -0.25) is 10.1 Å². The van der Waals surface area contributed by atoms with Crippen molar-refractivity contribution in [1.82, 2.24) is 0 Å². The van der Waals surface area contributed by atoms with Crippen LogP contribution >= 0.6 is 0 Å². The predicted molar refractivity (Wildman–Crippen MR) is 74.3 cm³/mol. The van der Waals surface area contributed by atoms with Gasteiger partial charge in [0.25, 0.3) is 5.69 Å². The summed E-state index contributed by atoms with van der Waals surface area (Å²) in [6.45, 7) is 0. The SMILES string of the molecule is O=[N+]([O-])c1ccc(NC2CC2c2ccccc2)c(F)c1. The number of halogens is 1. The molecule has 1 N–H and O–H groups in total. The third-order valence-electron chi connectivity index (χ3n) is 3.52. The third kappa shape index (κ3) is 2.47. The van der Waals surface area contributed by atoms with Gasteiger partial charge in [0.15, 0.2) is 5.82 Å². The lowest BCUT2D eigenvalue weighted by Crippen LogP contribution is -2.06. The Morgan fingerprint density at radius 2 is 1.95 bits per heavy atom. The fraction of sp³-hybridized carbons (Fsp3) is 0.200. The second-order valence-corrected chi connectivity index (χ2v) is 4.92. The first kappa shape index (κ1) is 12.6. The first-order valence-electron chi connectivity index (χ1n) is 6.40. The molecule has 2 aromatic carbocycles. The number of anilines is 1. The summed E-state index contributed by atoms with van der Waals surface area (Å²) in [5, 5.41) is 13.7. The summed E-state index contributed by atoms with van der Waals surface area (Å²) >= 11 is 0. The molecule has 3 rings (SSSR count). The molecule has 2 atom stereocenters. The molecule has 1 saturated carbocycles. The fourth-order valence-electron chi connectivity index (χ4n) is 2.36. The van der Waals surface area contributed by atoms with Gasteiger partial charge in [-0.2, -0.15) is 0 Å². The van der Waals surface area contributed by atoms with Crippen LogP contribution in [0.25, 0.3) is 0 Å². The third-order valence-corrected chi connectivity index (χ3v) is 3.52. The Morgan fingerprint density at radius 3 is 2.60 bits per heavy atom. The van der Waals surface area contributed by atoms with Crippen LogP contribution < -0.4 is 5.32 Å². The van der Waals surface area contributed by atoms with Crippen molar-refractivity contribution < 1.29 is 9.31 Å². The van der Waals surface area contributed by atoms with E-state index in [0.717, 1.165) is 12.5 Å². The van der Waals surface area contributed by atoms with Crippen LogP contribution in [0.2, 0.25) is 0 Å². The predicted octanol–water partition coefficient (Wildman–Crippen LogP) is 3.70. The molecule has 20 heavy (non-hydrogen) atoms. The maximum absolute atomic E-state index is 13.8. The Balaban J connectivity index is 1.70. The molecule has 102 valence electrons. The van der Waals surface area contributed by atoms with Crippen LogP contribution in [0.5, 0.6) is 0 Å². The minimum atomic E-state index is -0.600. The molecule has 0 aromatic heterocycles. The standard InChI is InChI=1S/C15H13FN2O2/c16-13-8-11(18(19)20)6-7-14(13)17-15-9-12(15)10-4-2-1-3-5-10/h1-8,12,15,17H,9H2. The van der Waals surface area contributed by atoms with Gasteiger partial charge in [0.1, 0.15) is 0 Å². The molecule has 2 unspecified atom stereocenters. The van der Waals surface area contributed by atoms with E-state index in [1.54, 1.807) is 0 Å². The largest absolute Gasteiger partial charge is 0.379 e. The van der Waals surface area contributed by atoms with E-state index in [2.05, 4.69) is 17.4 Å². The normalized spacial score (nSPS) is 20.4. The average Bonchev–Trinajstić information content (AvgIpc) is 3.21. The van der Waals surface area contributed by atoms with Crippen molar-refractivity contribution in [2.45, 2.75) is 18.4 Å². The molecule has 0 saturated heterocycles. The maximum atomic E-state index is 13.8. The van der Waals surface area contributed by atoms with E-state index in [1.807, 2.05) is 18.2 Å². The van der Waals surface area contributed by atoms with E-state index in [-0.39, 0.29) is 11.7 Å². The van der Waals surface area contributed by atoms with E-state index in [4.69, 9.17) is 0 Å². The highest BCUT2D eigenvalue weighted by atomic mass is 19.1. The van der Waals surface area contributed by atoms with E-state index >= 15 is 0 Å². The molecule has 5 heteroatoms. The lowest BCUT2D eigenvalue weighted by atomic mass is 10.1. The van der Waals surface area contributed by atoms with Crippen LogP contribution in [0.4, 0.5) is 15.8 Å². The molecule has 0 radical (unpaired) electrons. The van der Waals surface area contributed by atoms with E-state index in [9.17, 15) is 14.5 Å². The molecule has 1 fully saturated rings. The molecule has 1 aliphatic carbocycles. The highest BCUT2D eigenvalue weighted by molar-refractivity contribution is 5.52. The van der Waals surface area contributed by atoms with Gasteiger partial charge in [-0.05, 0) is 18.1 Å². The number of rotatable bonds is 4. The van der Waals surface area contributed by atoms with Gasteiger partial charge in [0.2, 0.25) is 0 Å². The van der Waals surface area contributed by atoms with Crippen LogP contribution in [0.1, 0.15) is 17.9 Å². The summed E-state index contributed by atoms with van der Waals surface area (Å²) in [7, 11) is 0. The highest BCUT2D eigenvalue weighted by Crippen LogP contribution is 2.43. The maximum Gasteiger partial charge on any atom is 0.272 e. The Morgan fingerprint density at radius 1 is 1.20 bits per heavy atom. The van der Waals surface area contributed by atoms with E-state index < -0.39 is 10.7 Å².